The number of ether oxygens (including phenoxy) is 1. The molecule has 2 rings (SSSR count). The minimum Gasteiger partial charge on any atom is -0.494 e. The molecule has 3 N–H and O–H groups in total. The van der Waals surface area contributed by atoms with Gasteiger partial charge in [0.05, 0.1) is 24.1 Å². The number of amides is 1. The van der Waals surface area contributed by atoms with Crippen LogP contribution in [0.1, 0.15) is 23.7 Å². The average molecular weight is 306 g/mol. The number of carbonyl (C=O) groups excluding carboxylic acids is 1. The van der Waals surface area contributed by atoms with Gasteiger partial charge in [-0.1, -0.05) is 18.5 Å². The number of halogens is 1. The van der Waals surface area contributed by atoms with Crippen LogP contribution in [0.25, 0.3) is 0 Å². The average Bonchev–Trinajstić information content (AvgIpc) is 2.49. The highest BCUT2D eigenvalue weighted by molar-refractivity contribution is 6.33. The van der Waals surface area contributed by atoms with Crippen LogP contribution in [0, 0.1) is 0 Å². The predicted octanol–water partition coefficient (Wildman–Crippen LogP) is 3.36. The van der Waals surface area contributed by atoms with Gasteiger partial charge >= 0.3 is 0 Å². The molecule has 1 aromatic carbocycles. The van der Waals surface area contributed by atoms with Crippen LogP contribution in [-0.4, -0.2) is 17.5 Å². The summed E-state index contributed by atoms with van der Waals surface area (Å²) < 4.78 is 5.47. The number of anilines is 2. The summed E-state index contributed by atoms with van der Waals surface area (Å²) in [7, 11) is 0. The minimum atomic E-state index is -0.359. The minimum absolute atomic E-state index is 0.115. The van der Waals surface area contributed by atoms with Crippen molar-refractivity contribution in [1.29, 1.82) is 0 Å². The summed E-state index contributed by atoms with van der Waals surface area (Å²) in [6, 6.07) is 8.60. The highest BCUT2D eigenvalue weighted by Gasteiger charge is 2.12. The Hall–Kier alpha value is -2.27. The lowest BCUT2D eigenvalue weighted by atomic mass is 10.2. The van der Waals surface area contributed by atoms with Crippen LogP contribution in [0.5, 0.6) is 5.75 Å². The summed E-state index contributed by atoms with van der Waals surface area (Å²) in [5.41, 5.74) is 6.87. The zero-order valence-electron chi connectivity index (χ0n) is 11.6. The maximum Gasteiger partial charge on any atom is 0.258 e. The molecule has 0 saturated heterocycles. The van der Waals surface area contributed by atoms with Crippen molar-refractivity contribution in [2.24, 2.45) is 0 Å². The van der Waals surface area contributed by atoms with E-state index < -0.39 is 0 Å². The third kappa shape index (κ3) is 4.10. The number of rotatable bonds is 5. The first-order valence-electron chi connectivity index (χ1n) is 6.55. The first kappa shape index (κ1) is 15.1. The lowest BCUT2D eigenvalue weighted by Crippen LogP contribution is -2.13. The SMILES string of the molecule is CCCOc1ccc(NC(=O)c2cc(N)cnc2Cl)cc1. The van der Waals surface area contributed by atoms with E-state index in [-0.39, 0.29) is 16.6 Å². The summed E-state index contributed by atoms with van der Waals surface area (Å²) in [5.74, 6) is 0.403. The molecule has 1 amide bonds. The van der Waals surface area contributed by atoms with E-state index in [1.165, 1.54) is 12.3 Å². The largest absolute Gasteiger partial charge is 0.494 e. The molecule has 0 aliphatic heterocycles. The van der Waals surface area contributed by atoms with Crippen molar-refractivity contribution < 1.29 is 9.53 Å². The van der Waals surface area contributed by atoms with Crippen molar-refractivity contribution in [3.63, 3.8) is 0 Å². The van der Waals surface area contributed by atoms with E-state index in [2.05, 4.69) is 10.3 Å². The van der Waals surface area contributed by atoms with Crippen molar-refractivity contribution >= 4 is 28.9 Å². The van der Waals surface area contributed by atoms with Gasteiger partial charge in [-0.2, -0.15) is 0 Å². The molecule has 0 aliphatic rings. The molecule has 110 valence electrons. The molecule has 1 heterocycles. The fraction of sp³-hybridized carbons (Fsp3) is 0.200. The smallest absolute Gasteiger partial charge is 0.258 e. The molecule has 0 fully saturated rings. The molecule has 0 bridgehead atoms. The number of hydrogen-bond acceptors (Lipinski definition) is 4. The van der Waals surface area contributed by atoms with Gasteiger partial charge in [0.25, 0.3) is 5.91 Å². The van der Waals surface area contributed by atoms with Crippen molar-refractivity contribution in [1.82, 2.24) is 4.98 Å². The van der Waals surface area contributed by atoms with Gasteiger partial charge in [-0.05, 0) is 36.8 Å². The summed E-state index contributed by atoms with van der Waals surface area (Å²) in [5, 5.41) is 2.85. The molecule has 0 unspecified atom stereocenters. The topological polar surface area (TPSA) is 77.2 Å². The van der Waals surface area contributed by atoms with Crippen molar-refractivity contribution in [2.75, 3.05) is 17.7 Å². The fourth-order valence-corrected chi connectivity index (χ4v) is 1.87. The molecular weight excluding hydrogens is 290 g/mol. The zero-order chi connectivity index (χ0) is 15.2. The van der Waals surface area contributed by atoms with E-state index in [4.69, 9.17) is 22.1 Å². The van der Waals surface area contributed by atoms with Crippen LogP contribution in [-0.2, 0) is 0 Å². The first-order valence-corrected chi connectivity index (χ1v) is 6.93. The molecule has 0 spiro atoms. The van der Waals surface area contributed by atoms with Crippen LogP contribution in [0.3, 0.4) is 0 Å². The maximum absolute atomic E-state index is 12.1. The van der Waals surface area contributed by atoms with E-state index in [1.807, 2.05) is 6.92 Å². The van der Waals surface area contributed by atoms with Gasteiger partial charge in [0.2, 0.25) is 0 Å². The lowest BCUT2D eigenvalue weighted by Gasteiger charge is -2.08. The van der Waals surface area contributed by atoms with Crippen LogP contribution in [0.15, 0.2) is 36.5 Å². The highest BCUT2D eigenvalue weighted by Crippen LogP contribution is 2.19. The summed E-state index contributed by atoms with van der Waals surface area (Å²) in [4.78, 5) is 16.0. The van der Waals surface area contributed by atoms with Gasteiger partial charge in [-0.15, -0.1) is 0 Å². The third-order valence-electron chi connectivity index (χ3n) is 2.69. The van der Waals surface area contributed by atoms with Gasteiger partial charge in [0.15, 0.2) is 0 Å². The summed E-state index contributed by atoms with van der Waals surface area (Å²) in [6.45, 7) is 2.70. The molecule has 0 aliphatic carbocycles. The van der Waals surface area contributed by atoms with Gasteiger partial charge in [0.1, 0.15) is 10.9 Å². The van der Waals surface area contributed by atoms with Crippen LogP contribution < -0.4 is 15.8 Å². The van der Waals surface area contributed by atoms with E-state index in [0.717, 1.165) is 12.2 Å². The normalized spacial score (nSPS) is 10.2. The van der Waals surface area contributed by atoms with Gasteiger partial charge < -0.3 is 15.8 Å². The molecule has 0 saturated carbocycles. The molecule has 0 radical (unpaired) electrons. The number of nitrogens with one attached hydrogen (secondary N) is 1. The number of pyridine rings is 1. The predicted molar refractivity (Wildman–Crippen MR) is 83.8 cm³/mol. The summed E-state index contributed by atoms with van der Waals surface area (Å²) in [6.07, 6.45) is 2.35. The second-order valence-corrected chi connectivity index (χ2v) is 4.79. The number of nitrogen functional groups attached to an aromatic ring is 1. The number of carbonyl (C=O) groups is 1. The fourth-order valence-electron chi connectivity index (χ4n) is 1.68. The Balaban J connectivity index is 2.07. The second kappa shape index (κ2) is 6.95. The Kier molecular flexibility index (Phi) is 5.00. The first-order chi connectivity index (χ1) is 10.1. The quantitative estimate of drug-likeness (QED) is 0.830. The van der Waals surface area contributed by atoms with E-state index in [1.54, 1.807) is 24.3 Å². The molecule has 2 aromatic rings. The van der Waals surface area contributed by atoms with E-state index in [9.17, 15) is 4.79 Å². The van der Waals surface area contributed by atoms with Gasteiger partial charge in [-0.3, -0.25) is 4.79 Å². The molecular formula is C15H16ClN3O2. The van der Waals surface area contributed by atoms with Crippen molar-refractivity contribution in [3.05, 3.63) is 47.2 Å². The van der Waals surface area contributed by atoms with Gasteiger partial charge in [0, 0.05) is 5.69 Å². The Morgan fingerprint density at radius 2 is 2.10 bits per heavy atom. The van der Waals surface area contributed by atoms with Crippen LogP contribution in [0.2, 0.25) is 5.15 Å². The van der Waals surface area contributed by atoms with E-state index >= 15 is 0 Å². The zero-order valence-corrected chi connectivity index (χ0v) is 12.4. The Morgan fingerprint density at radius 3 is 2.76 bits per heavy atom. The van der Waals surface area contributed by atoms with Crippen molar-refractivity contribution in [3.8, 4) is 5.75 Å². The Morgan fingerprint density at radius 1 is 1.38 bits per heavy atom. The molecule has 1 aromatic heterocycles. The lowest BCUT2D eigenvalue weighted by molar-refractivity contribution is 0.102. The number of nitrogens with zero attached hydrogens (tertiary/aromatic N) is 1. The standard InChI is InChI=1S/C15H16ClN3O2/c1-2-7-21-12-5-3-11(4-6-12)19-15(20)13-8-10(17)9-18-14(13)16/h3-6,8-9H,2,7,17H2,1H3,(H,19,20). The van der Waals surface area contributed by atoms with Crippen LogP contribution >= 0.6 is 11.6 Å². The number of aromatic nitrogens is 1. The van der Waals surface area contributed by atoms with Crippen molar-refractivity contribution in [2.45, 2.75) is 13.3 Å². The van der Waals surface area contributed by atoms with Crippen LogP contribution in [0.4, 0.5) is 11.4 Å². The monoisotopic (exact) mass is 305 g/mol. The van der Waals surface area contributed by atoms with E-state index in [0.29, 0.717) is 18.0 Å². The number of hydrogen-bond donors (Lipinski definition) is 2. The molecule has 0 atom stereocenters. The second-order valence-electron chi connectivity index (χ2n) is 4.43. The molecule has 6 heteroatoms. The van der Waals surface area contributed by atoms with Gasteiger partial charge in [-0.25, -0.2) is 4.98 Å². The summed E-state index contributed by atoms with van der Waals surface area (Å²) >= 11 is 5.89. The molecule has 21 heavy (non-hydrogen) atoms. The third-order valence-corrected chi connectivity index (χ3v) is 2.99. The maximum atomic E-state index is 12.1. The highest BCUT2D eigenvalue weighted by atomic mass is 35.5. The Bertz CT molecular complexity index is 629. The molecule has 5 nitrogen and oxygen atoms in total. The Labute approximate surface area is 128 Å². The number of benzene rings is 1. The number of nitrogens with two attached hydrogens (primary N) is 1.